The number of urea groups is 1. The average molecular weight is 203 g/mol. The molecule has 5 nitrogen and oxygen atoms in total. The molecule has 0 saturated carbocycles. The third-order valence-corrected chi connectivity index (χ3v) is 1.48. The Morgan fingerprint density at radius 3 is 2.64 bits per heavy atom. The maximum Gasteiger partial charge on any atom is 0.312 e. The van der Waals surface area contributed by atoms with Crippen molar-refractivity contribution in [1.82, 2.24) is 10.6 Å². The lowest BCUT2D eigenvalue weighted by molar-refractivity contribution is 0.112. The summed E-state index contributed by atoms with van der Waals surface area (Å²) in [5.41, 5.74) is 4.89. The minimum absolute atomic E-state index is 0.483. The fourth-order valence-electron chi connectivity index (χ4n) is 0.862. The number of rotatable bonds is 8. The van der Waals surface area contributed by atoms with Gasteiger partial charge in [0.2, 0.25) is 0 Å². The highest BCUT2D eigenvalue weighted by molar-refractivity contribution is 5.71. The Morgan fingerprint density at radius 1 is 1.36 bits per heavy atom. The number of hydrogen-bond acceptors (Lipinski definition) is 3. The Hall–Kier alpha value is -0.810. The van der Waals surface area contributed by atoms with Gasteiger partial charge in [-0.15, -0.1) is 0 Å². The molecule has 14 heavy (non-hydrogen) atoms. The molecule has 2 amide bonds. The number of hydrogen-bond donors (Lipinski definition) is 3. The average Bonchev–Trinajstić information content (AvgIpc) is 2.08. The normalized spacial score (nSPS) is 10.5. The zero-order valence-electron chi connectivity index (χ0n) is 9.01. The van der Waals surface area contributed by atoms with E-state index in [1.807, 2.05) is 0 Å². The summed E-state index contributed by atoms with van der Waals surface area (Å²) in [6.07, 6.45) is 0. The van der Waals surface area contributed by atoms with Crippen LogP contribution in [0.3, 0.4) is 0 Å². The van der Waals surface area contributed by atoms with E-state index >= 15 is 0 Å². The van der Waals surface area contributed by atoms with Gasteiger partial charge >= 0.3 is 6.03 Å². The third kappa shape index (κ3) is 11.2. The van der Waals surface area contributed by atoms with E-state index in [9.17, 15) is 4.79 Å². The van der Waals surface area contributed by atoms with Gasteiger partial charge in [-0.05, 0) is 5.92 Å². The van der Waals surface area contributed by atoms with Gasteiger partial charge in [0.15, 0.2) is 0 Å². The smallest absolute Gasteiger partial charge is 0.312 e. The van der Waals surface area contributed by atoms with Crippen molar-refractivity contribution in [1.29, 1.82) is 0 Å². The molecule has 0 unspecified atom stereocenters. The topological polar surface area (TPSA) is 76.4 Å². The second kappa shape index (κ2) is 8.77. The van der Waals surface area contributed by atoms with Gasteiger partial charge in [-0.1, -0.05) is 13.8 Å². The van der Waals surface area contributed by atoms with Crippen LogP contribution in [0, 0.1) is 5.92 Å². The van der Waals surface area contributed by atoms with Gasteiger partial charge in [-0.2, -0.15) is 0 Å². The first-order valence-electron chi connectivity index (χ1n) is 4.94. The Morgan fingerprint density at radius 2 is 2.07 bits per heavy atom. The van der Waals surface area contributed by atoms with Crippen molar-refractivity contribution in [3.05, 3.63) is 0 Å². The molecule has 0 aromatic carbocycles. The number of carbonyl (C=O) groups is 1. The molecule has 0 aliphatic carbocycles. The highest BCUT2D eigenvalue weighted by Crippen LogP contribution is 1.90. The monoisotopic (exact) mass is 203 g/mol. The molecule has 84 valence electrons. The standard InChI is InChI=1S/C9H21N3O2/c1-8(2)7-14-6-5-11-3-4-12-9(10)13/h8,11H,3-7H2,1-2H3,(H3,10,12,13). The van der Waals surface area contributed by atoms with Crippen LogP contribution in [0.25, 0.3) is 0 Å². The molecule has 0 heterocycles. The lowest BCUT2D eigenvalue weighted by Gasteiger charge is -2.07. The molecule has 0 spiro atoms. The fourth-order valence-corrected chi connectivity index (χ4v) is 0.862. The number of nitrogens with two attached hydrogens (primary N) is 1. The van der Waals surface area contributed by atoms with E-state index in [2.05, 4.69) is 24.5 Å². The van der Waals surface area contributed by atoms with Crippen LogP contribution in [-0.4, -0.2) is 38.9 Å². The van der Waals surface area contributed by atoms with Gasteiger partial charge < -0.3 is 21.1 Å². The summed E-state index contributed by atoms with van der Waals surface area (Å²) in [6, 6.07) is -0.483. The van der Waals surface area contributed by atoms with Crippen LogP contribution in [-0.2, 0) is 4.74 Å². The largest absolute Gasteiger partial charge is 0.380 e. The SMILES string of the molecule is CC(C)COCCNCCNC(N)=O. The molecule has 0 bridgehead atoms. The molecular formula is C9H21N3O2. The predicted molar refractivity (Wildman–Crippen MR) is 56.1 cm³/mol. The molecule has 0 aromatic rings. The number of amides is 2. The maximum atomic E-state index is 10.3. The van der Waals surface area contributed by atoms with Crippen LogP contribution in [0.4, 0.5) is 4.79 Å². The van der Waals surface area contributed by atoms with E-state index < -0.39 is 6.03 Å². The summed E-state index contributed by atoms with van der Waals surface area (Å²) in [6.45, 7) is 7.80. The number of ether oxygens (including phenoxy) is 1. The van der Waals surface area contributed by atoms with E-state index in [-0.39, 0.29) is 0 Å². The summed E-state index contributed by atoms with van der Waals surface area (Å²) < 4.78 is 5.35. The summed E-state index contributed by atoms with van der Waals surface area (Å²) in [5.74, 6) is 0.575. The van der Waals surface area contributed by atoms with E-state index in [4.69, 9.17) is 10.5 Å². The first kappa shape index (κ1) is 13.2. The zero-order valence-corrected chi connectivity index (χ0v) is 9.01. The van der Waals surface area contributed by atoms with Crippen molar-refractivity contribution in [3.8, 4) is 0 Å². The number of nitrogens with one attached hydrogen (secondary N) is 2. The number of primary amides is 1. The van der Waals surface area contributed by atoms with Crippen LogP contribution in [0.2, 0.25) is 0 Å². The molecule has 0 aliphatic rings. The third-order valence-electron chi connectivity index (χ3n) is 1.48. The van der Waals surface area contributed by atoms with Crippen molar-refractivity contribution < 1.29 is 9.53 Å². The summed E-state index contributed by atoms with van der Waals surface area (Å²) in [5, 5.41) is 5.61. The molecular weight excluding hydrogens is 182 g/mol. The quantitative estimate of drug-likeness (QED) is 0.483. The first-order valence-corrected chi connectivity index (χ1v) is 4.94. The summed E-state index contributed by atoms with van der Waals surface area (Å²) >= 11 is 0. The van der Waals surface area contributed by atoms with Gasteiger partial charge in [0.1, 0.15) is 0 Å². The Labute approximate surface area is 85.4 Å². The molecule has 0 aliphatic heterocycles. The van der Waals surface area contributed by atoms with Crippen LogP contribution >= 0.6 is 0 Å². The van der Waals surface area contributed by atoms with Crippen LogP contribution in [0.1, 0.15) is 13.8 Å². The lowest BCUT2D eigenvalue weighted by atomic mass is 10.2. The summed E-state index contributed by atoms with van der Waals surface area (Å²) in [7, 11) is 0. The molecule has 0 fully saturated rings. The Balaban J connectivity index is 2.96. The number of carbonyl (C=O) groups excluding carboxylic acids is 1. The van der Waals surface area contributed by atoms with Crippen LogP contribution in [0.15, 0.2) is 0 Å². The van der Waals surface area contributed by atoms with Gasteiger partial charge in [0, 0.05) is 26.2 Å². The zero-order chi connectivity index (χ0) is 10.8. The van der Waals surface area contributed by atoms with E-state index in [0.29, 0.717) is 25.6 Å². The maximum absolute atomic E-state index is 10.3. The fraction of sp³-hybridized carbons (Fsp3) is 0.889. The molecule has 0 saturated heterocycles. The predicted octanol–water partition coefficient (Wildman–Crippen LogP) is -0.0831. The van der Waals surface area contributed by atoms with Crippen molar-refractivity contribution in [3.63, 3.8) is 0 Å². The van der Waals surface area contributed by atoms with E-state index in [1.54, 1.807) is 0 Å². The van der Waals surface area contributed by atoms with Crippen LogP contribution in [0.5, 0.6) is 0 Å². The van der Waals surface area contributed by atoms with Crippen molar-refractivity contribution in [2.75, 3.05) is 32.8 Å². The first-order chi connectivity index (χ1) is 6.63. The second-order valence-corrected chi connectivity index (χ2v) is 3.51. The van der Waals surface area contributed by atoms with Crippen molar-refractivity contribution in [2.45, 2.75) is 13.8 Å². The highest BCUT2D eigenvalue weighted by atomic mass is 16.5. The molecule has 5 heteroatoms. The molecule has 0 atom stereocenters. The van der Waals surface area contributed by atoms with Gasteiger partial charge in [-0.3, -0.25) is 0 Å². The molecule has 0 rings (SSSR count). The minimum Gasteiger partial charge on any atom is -0.380 e. The van der Waals surface area contributed by atoms with E-state index in [0.717, 1.165) is 13.2 Å². The second-order valence-electron chi connectivity index (χ2n) is 3.51. The van der Waals surface area contributed by atoms with Crippen LogP contribution < -0.4 is 16.4 Å². The molecule has 0 aromatic heterocycles. The highest BCUT2D eigenvalue weighted by Gasteiger charge is 1.93. The van der Waals surface area contributed by atoms with Gasteiger partial charge in [-0.25, -0.2) is 4.79 Å². The van der Waals surface area contributed by atoms with E-state index in [1.165, 1.54) is 0 Å². The Bertz CT molecular complexity index is 151. The minimum atomic E-state index is -0.483. The molecule has 4 N–H and O–H groups in total. The van der Waals surface area contributed by atoms with Gasteiger partial charge in [0.25, 0.3) is 0 Å². The van der Waals surface area contributed by atoms with Gasteiger partial charge in [0.05, 0.1) is 6.61 Å². The lowest BCUT2D eigenvalue weighted by Crippen LogP contribution is -2.36. The Kier molecular flexibility index (Phi) is 8.27. The molecule has 0 radical (unpaired) electrons. The van der Waals surface area contributed by atoms with Crippen molar-refractivity contribution >= 4 is 6.03 Å². The van der Waals surface area contributed by atoms with Crippen molar-refractivity contribution in [2.24, 2.45) is 11.7 Å². The summed E-state index contributed by atoms with van der Waals surface area (Å²) in [4.78, 5) is 10.3.